The monoisotopic (exact) mass is 384 g/mol. The molecule has 6 heteroatoms. The molecule has 27 heavy (non-hydrogen) atoms. The van der Waals surface area contributed by atoms with Crippen LogP contribution in [0.1, 0.15) is 21.5 Å². The lowest BCUT2D eigenvalue weighted by molar-refractivity contribution is -0.856. The summed E-state index contributed by atoms with van der Waals surface area (Å²) in [7, 11) is 5.77. The van der Waals surface area contributed by atoms with Crippen molar-refractivity contribution >= 4 is 32.6 Å². The van der Waals surface area contributed by atoms with Gasteiger partial charge < -0.3 is 9.64 Å². The molecule has 0 saturated carbocycles. The topological polar surface area (TPSA) is 46.9 Å². The molecule has 0 radical (unpaired) electrons. The number of thiazole rings is 1. The molecule has 1 amide bonds. The number of likely N-dealkylation sites (N-methyl/N-ethyl adjacent to an activating group) is 1. The fourth-order valence-corrected chi connectivity index (χ4v) is 4.17. The number of ether oxygens (including phenoxy) is 1. The normalized spacial score (nSPS) is 11.2. The summed E-state index contributed by atoms with van der Waals surface area (Å²) in [4.78, 5) is 21.2. The minimum atomic E-state index is -0.0522. The molecule has 0 atom stereocenters. The Morgan fingerprint density at radius 3 is 2.70 bits per heavy atom. The number of carbonyl (C=O) groups excluding carboxylic acids is 1. The minimum absolute atomic E-state index is 0.0522. The van der Waals surface area contributed by atoms with Gasteiger partial charge in [0.25, 0.3) is 5.91 Å². The van der Waals surface area contributed by atoms with Gasteiger partial charge in [-0.15, -0.1) is 0 Å². The Morgan fingerprint density at radius 1 is 1.22 bits per heavy atom. The number of hydrogen-bond donors (Lipinski definition) is 1. The number of quaternary nitrogens is 1. The van der Waals surface area contributed by atoms with Crippen LogP contribution in [0.5, 0.6) is 5.75 Å². The van der Waals surface area contributed by atoms with Gasteiger partial charge in [0, 0.05) is 5.56 Å². The van der Waals surface area contributed by atoms with E-state index >= 15 is 0 Å². The molecule has 0 aliphatic heterocycles. The largest absolute Gasteiger partial charge is 0.497 e. The van der Waals surface area contributed by atoms with Gasteiger partial charge in [0.05, 0.1) is 44.5 Å². The van der Waals surface area contributed by atoms with E-state index in [1.54, 1.807) is 29.4 Å². The van der Waals surface area contributed by atoms with Gasteiger partial charge in [-0.25, -0.2) is 4.98 Å². The maximum absolute atomic E-state index is 13.3. The van der Waals surface area contributed by atoms with Crippen LogP contribution in [0, 0.1) is 13.8 Å². The van der Waals surface area contributed by atoms with Crippen molar-refractivity contribution in [1.29, 1.82) is 0 Å². The van der Waals surface area contributed by atoms with E-state index in [-0.39, 0.29) is 5.91 Å². The first-order chi connectivity index (χ1) is 12.9. The second-order valence-corrected chi connectivity index (χ2v) is 8.08. The standard InChI is InChI=1S/C21H25N3O2S/c1-14-11-15(2)19-18(12-14)27-21(22-19)24(10-9-23(3)4)20(25)16-7-6-8-17(13-16)26-5/h6-8,11-13H,9-10H2,1-5H3/p+1. The van der Waals surface area contributed by atoms with Crippen molar-refractivity contribution in [1.82, 2.24) is 4.98 Å². The number of methoxy groups -OCH3 is 1. The molecule has 3 aromatic rings. The summed E-state index contributed by atoms with van der Waals surface area (Å²) in [6, 6.07) is 11.5. The van der Waals surface area contributed by atoms with Gasteiger partial charge >= 0.3 is 0 Å². The summed E-state index contributed by atoms with van der Waals surface area (Å²) in [6.45, 7) is 5.59. The zero-order valence-electron chi connectivity index (χ0n) is 16.5. The molecule has 0 aliphatic carbocycles. The lowest BCUT2D eigenvalue weighted by Crippen LogP contribution is -3.06. The number of aromatic nitrogens is 1. The van der Waals surface area contributed by atoms with E-state index in [1.807, 2.05) is 18.2 Å². The summed E-state index contributed by atoms with van der Waals surface area (Å²) in [5.41, 5.74) is 3.93. The van der Waals surface area contributed by atoms with Gasteiger partial charge in [0.2, 0.25) is 0 Å². The molecule has 3 rings (SSSR count). The van der Waals surface area contributed by atoms with E-state index in [2.05, 4.69) is 40.1 Å². The fourth-order valence-electron chi connectivity index (χ4n) is 3.01. The van der Waals surface area contributed by atoms with Crippen molar-refractivity contribution in [2.75, 3.05) is 39.2 Å². The van der Waals surface area contributed by atoms with Crippen LogP contribution in [-0.2, 0) is 0 Å². The SMILES string of the molecule is COc1cccc(C(=O)N(CC[NH+](C)C)c2nc3c(C)cc(C)cc3s2)c1. The van der Waals surface area contributed by atoms with Crippen LogP contribution in [0.15, 0.2) is 36.4 Å². The molecule has 1 N–H and O–H groups in total. The number of aryl methyl sites for hydroxylation is 2. The molecular weight excluding hydrogens is 358 g/mol. The Kier molecular flexibility index (Phi) is 5.77. The second kappa shape index (κ2) is 8.06. The first kappa shape index (κ1) is 19.3. The highest BCUT2D eigenvalue weighted by Crippen LogP contribution is 2.32. The van der Waals surface area contributed by atoms with Crippen molar-refractivity contribution in [3.63, 3.8) is 0 Å². The zero-order chi connectivity index (χ0) is 19.6. The van der Waals surface area contributed by atoms with Crippen LogP contribution < -0.4 is 14.5 Å². The summed E-state index contributed by atoms with van der Waals surface area (Å²) >= 11 is 1.57. The van der Waals surface area contributed by atoms with Crippen LogP contribution in [0.3, 0.4) is 0 Å². The van der Waals surface area contributed by atoms with E-state index in [9.17, 15) is 4.79 Å². The van der Waals surface area contributed by atoms with Crippen molar-refractivity contribution < 1.29 is 14.4 Å². The van der Waals surface area contributed by atoms with Crippen molar-refractivity contribution in [3.05, 3.63) is 53.1 Å². The Labute approximate surface area is 164 Å². The lowest BCUT2D eigenvalue weighted by Gasteiger charge is -2.21. The highest BCUT2D eigenvalue weighted by Gasteiger charge is 2.23. The maximum atomic E-state index is 13.3. The highest BCUT2D eigenvalue weighted by atomic mass is 32.1. The number of nitrogens with one attached hydrogen (secondary N) is 1. The molecule has 142 valence electrons. The van der Waals surface area contributed by atoms with Crippen molar-refractivity contribution in [3.8, 4) is 5.75 Å². The molecule has 1 aromatic heterocycles. The predicted octanol–water partition coefficient (Wildman–Crippen LogP) is 2.71. The smallest absolute Gasteiger partial charge is 0.260 e. The molecule has 5 nitrogen and oxygen atoms in total. The third-order valence-corrected chi connectivity index (χ3v) is 5.47. The number of rotatable bonds is 6. The molecule has 0 spiro atoms. The molecule has 0 saturated heterocycles. The fraction of sp³-hybridized carbons (Fsp3) is 0.333. The lowest BCUT2D eigenvalue weighted by atomic mass is 10.1. The van der Waals surface area contributed by atoms with Gasteiger partial charge in [-0.2, -0.15) is 0 Å². The number of amides is 1. The quantitative estimate of drug-likeness (QED) is 0.711. The number of benzene rings is 2. The maximum Gasteiger partial charge on any atom is 0.260 e. The van der Waals surface area contributed by atoms with Gasteiger partial charge in [-0.05, 0) is 49.2 Å². The van der Waals surface area contributed by atoms with E-state index in [0.717, 1.165) is 27.5 Å². The van der Waals surface area contributed by atoms with E-state index < -0.39 is 0 Å². The Bertz CT molecular complexity index is 965. The van der Waals surface area contributed by atoms with Crippen LogP contribution in [0.2, 0.25) is 0 Å². The Morgan fingerprint density at radius 2 is 2.00 bits per heavy atom. The summed E-state index contributed by atoms with van der Waals surface area (Å²) in [5.74, 6) is 0.624. The number of hydrogen-bond acceptors (Lipinski definition) is 4. The van der Waals surface area contributed by atoms with Gasteiger partial charge in [-0.3, -0.25) is 9.69 Å². The van der Waals surface area contributed by atoms with Crippen molar-refractivity contribution in [2.45, 2.75) is 13.8 Å². The predicted molar refractivity (Wildman–Crippen MR) is 111 cm³/mol. The van der Waals surface area contributed by atoms with Gasteiger partial charge in [-0.1, -0.05) is 23.5 Å². The van der Waals surface area contributed by atoms with Crippen LogP contribution >= 0.6 is 11.3 Å². The average Bonchev–Trinajstić information content (AvgIpc) is 3.05. The Balaban J connectivity index is 2.02. The number of nitrogens with zero attached hydrogens (tertiary/aromatic N) is 2. The molecule has 0 aliphatic rings. The van der Waals surface area contributed by atoms with Gasteiger partial charge in [0.1, 0.15) is 5.75 Å². The van der Waals surface area contributed by atoms with Gasteiger partial charge in [0.15, 0.2) is 5.13 Å². The molecular formula is C21H26N3O2S+. The first-order valence-electron chi connectivity index (χ1n) is 9.02. The van der Waals surface area contributed by atoms with Crippen LogP contribution in [0.25, 0.3) is 10.2 Å². The first-order valence-corrected chi connectivity index (χ1v) is 9.83. The number of fused-ring (bicyclic) bond motifs is 1. The number of anilines is 1. The third-order valence-electron chi connectivity index (χ3n) is 4.45. The summed E-state index contributed by atoms with van der Waals surface area (Å²) in [5, 5.41) is 0.743. The molecule has 2 aromatic carbocycles. The van der Waals surface area contributed by atoms with E-state index in [1.165, 1.54) is 10.5 Å². The molecule has 0 fully saturated rings. The minimum Gasteiger partial charge on any atom is -0.497 e. The van der Waals surface area contributed by atoms with Crippen LogP contribution in [0.4, 0.5) is 5.13 Å². The third kappa shape index (κ3) is 4.28. The van der Waals surface area contributed by atoms with Crippen LogP contribution in [-0.4, -0.2) is 45.2 Å². The Hall–Kier alpha value is -2.44. The summed E-state index contributed by atoms with van der Waals surface area (Å²) in [6.07, 6.45) is 0. The molecule has 0 bridgehead atoms. The van der Waals surface area contributed by atoms with Crippen molar-refractivity contribution in [2.24, 2.45) is 0 Å². The summed E-state index contributed by atoms with van der Waals surface area (Å²) < 4.78 is 6.39. The van der Waals surface area contributed by atoms with E-state index in [0.29, 0.717) is 17.9 Å². The number of carbonyl (C=O) groups is 1. The molecule has 0 unspecified atom stereocenters. The zero-order valence-corrected chi connectivity index (χ0v) is 17.3. The van der Waals surface area contributed by atoms with E-state index in [4.69, 9.17) is 9.72 Å². The molecule has 1 heterocycles. The highest BCUT2D eigenvalue weighted by molar-refractivity contribution is 7.22. The average molecular weight is 385 g/mol. The second-order valence-electron chi connectivity index (χ2n) is 7.07.